The zero-order chi connectivity index (χ0) is 31.1. The zero-order valence-corrected chi connectivity index (χ0v) is 25.4. The molecule has 0 bridgehead atoms. The molecule has 0 saturated carbocycles. The average Bonchev–Trinajstić information content (AvgIpc) is 2.96. The highest BCUT2D eigenvalue weighted by Crippen LogP contribution is 2.21. The van der Waals surface area contributed by atoms with Crippen LogP contribution in [-0.2, 0) is 29.0 Å². The Labute approximate surface area is 251 Å². The van der Waals surface area contributed by atoms with Crippen molar-refractivity contribution in [2.75, 3.05) is 19.5 Å². The monoisotopic (exact) mass is 586 g/mol. The molecule has 0 aliphatic heterocycles. The number of alkyl carbamates (subject to hydrolysis) is 1. The van der Waals surface area contributed by atoms with Gasteiger partial charge in [-0.1, -0.05) is 48.5 Å². The number of nitrogens with zero attached hydrogens (tertiary/aromatic N) is 2. The molecule has 1 aromatic heterocycles. The van der Waals surface area contributed by atoms with Gasteiger partial charge in [0.2, 0.25) is 5.91 Å². The van der Waals surface area contributed by atoms with Gasteiger partial charge < -0.3 is 29.4 Å². The molecule has 0 aliphatic carbocycles. The van der Waals surface area contributed by atoms with Gasteiger partial charge in [0.25, 0.3) is 6.01 Å². The van der Waals surface area contributed by atoms with Crippen molar-refractivity contribution in [3.05, 3.63) is 99.4 Å². The maximum absolute atomic E-state index is 13.7. The standard InChI is InChI=1S/C33H38N4O6/c1-21-24(19-34-32(40)43-33(2,3)4)14-17-26-28(21)30(39)42-31(35-26)36-27(18-22-12-15-25(41-6)16-13-22)29(38)37(5)20-23-10-8-7-9-11-23/h7-17,27H,18-20H2,1-6H3,(H,34,40)(H,35,36). The second-order valence-electron chi connectivity index (χ2n) is 11.3. The van der Waals surface area contributed by atoms with E-state index in [2.05, 4.69) is 15.6 Å². The van der Waals surface area contributed by atoms with E-state index in [4.69, 9.17) is 13.9 Å². The van der Waals surface area contributed by atoms with E-state index >= 15 is 0 Å². The van der Waals surface area contributed by atoms with Crippen LogP contribution < -0.4 is 21.0 Å². The summed E-state index contributed by atoms with van der Waals surface area (Å²) in [6.45, 7) is 7.71. The van der Waals surface area contributed by atoms with Crippen molar-refractivity contribution < 1.29 is 23.5 Å². The van der Waals surface area contributed by atoms with Crippen LogP contribution in [-0.4, -0.2) is 47.7 Å². The van der Waals surface area contributed by atoms with E-state index in [1.165, 1.54) is 0 Å². The number of likely N-dealkylation sites (N-methyl/N-ethyl adjacent to an activating group) is 1. The minimum Gasteiger partial charge on any atom is -0.497 e. The normalized spacial score (nSPS) is 12.0. The first-order valence-corrected chi connectivity index (χ1v) is 14.0. The van der Waals surface area contributed by atoms with Crippen LogP contribution in [0.25, 0.3) is 10.9 Å². The van der Waals surface area contributed by atoms with E-state index in [1.807, 2.05) is 54.6 Å². The lowest BCUT2D eigenvalue weighted by Gasteiger charge is -2.25. The number of benzene rings is 3. The molecule has 43 heavy (non-hydrogen) atoms. The van der Waals surface area contributed by atoms with Gasteiger partial charge in [-0.05, 0) is 68.1 Å². The predicted molar refractivity (Wildman–Crippen MR) is 165 cm³/mol. The molecular weight excluding hydrogens is 548 g/mol. The number of carbonyl (C=O) groups is 2. The van der Waals surface area contributed by atoms with E-state index in [9.17, 15) is 14.4 Å². The lowest BCUT2D eigenvalue weighted by atomic mass is 10.0. The maximum atomic E-state index is 13.7. The van der Waals surface area contributed by atoms with Gasteiger partial charge in [-0.15, -0.1) is 0 Å². The molecule has 1 heterocycles. The number of hydrogen-bond acceptors (Lipinski definition) is 8. The predicted octanol–water partition coefficient (Wildman–Crippen LogP) is 5.21. The molecule has 1 atom stereocenters. The van der Waals surface area contributed by atoms with Gasteiger partial charge in [0.15, 0.2) is 0 Å². The lowest BCUT2D eigenvalue weighted by Crippen LogP contribution is -2.42. The van der Waals surface area contributed by atoms with Crippen LogP contribution in [0, 0.1) is 6.92 Å². The Kier molecular flexibility index (Phi) is 9.70. The second-order valence-corrected chi connectivity index (χ2v) is 11.3. The quantitative estimate of drug-likeness (QED) is 0.260. The maximum Gasteiger partial charge on any atom is 0.407 e. The third-order valence-corrected chi connectivity index (χ3v) is 6.83. The number of nitrogens with one attached hydrogen (secondary N) is 2. The highest BCUT2D eigenvalue weighted by atomic mass is 16.6. The van der Waals surface area contributed by atoms with Gasteiger partial charge in [0, 0.05) is 26.6 Å². The molecule has 4 rings (SSSR count). The van der Waals surface area contributed by atoms with Crippen molar-refractivity contribution in [2.24, 2.45) is 0 Å². The zero-order valence-electron chi connectivity index (χ0n) is 25.4. The Morgan fingerprint density at radius 3 is 2.35 bits per heavy atom. The largest absolute Gasteiger partial charge is 0.497 e. The van der Waals surface area contributed by atoms with Crippen molar-refractivity contribution in [2.45, 2.75) is 58.8 Å². The number of aryl methyl sites for hydroxylation is 1. The van der Waals surface area contributed by atoms with Gasteiger partial charge in [-0.25, -0.2) is 9.59 Å². The number of carbonyl (C=O) groups excluding carboxylic acids is 2. The Bertz CT molecular complexity index is 1630. The van der Waals surface area contributed by atoms with Crippen LogP contribution in [0.3, 0.4) is 0 Å². The van der Waals surface area contributed by atoms with Gasteiger partial charge in [-0.2, -0.15) is 4.98 Å². The third kappa shape index (κ3) is 8.34. The first kappa shape index (κ1) is 31.1. The summed E-state index contributed by atoms with van der Waals surface area (Å²) in [6, 6.07) is 19.8. The smallest absolute Gasteiger partial charge is 0.407 e. The Balaban J connectivity index is 1.58. The van der Waals surface area contributed by atoms with Gasteiger partial charge in [0.05, 0.1) is 18.0 Å². The van der Waals surface area contributed by atoms with Gasteiger partial charge in [-0.3, -0.25) is 4.79 Å². The first-order chi connectivity index (χ1) is 20.4. The van der Waals surface area contributed by atoms with E-state index in [-0.39, 0.29) is 18.5 Å². The number of methoxy groups -OCH3 is 1. The molecule has 0 radical (unpaired) electrons. The molecule has 226 valence electrons. The molecule has 10 nitrogen and oxygen atoms in total. The fourth-order valence-electron chi connectivity index (χ4n) is 4.64. The summed E-state index contributed by atoms with van der Waals surface area (Å²) in [5.41, 5.74) is 2.42. The summed E-state index contributed by atoms with van der Waals surface area (Å²) < 4.78 is 16.2. The number of aromatic nitrogens is 1. The van der Waals surface area contributed by atoms with Crippen LogP contribution in [0.2, 0.25) is 0 Å². The first-order valence-electron chi connectivity index (χ1n) is 14.0. The summed E-state index contributed by atoms with van der Waals surface area (Å²) in [7, 11) is 3.33. The Hall–Kier alpha value is -4.86. The van der Waals surface area contributed by atoms with Crippen molar-refractivity contribution in [3.63, 3.8) is 0 Å². The molecule has 0 aliphatic rings. The minimum atomic E-state index is -0.770. The van der Waals surface area contributed by atoms with E-state index < -0.39 is 23.4 Å². The summed E-state index contributed by atoms with van der Waals surface area (Å²) in [5, 5.41) is 6.09. The van der Waals surface area contributed by atoms with E-state index in [0.717, 1.165) is 16.7 Å². The van der Waals surface area contributed by atoms with Crippen molar-refractivity contribution >= 4 is 28.9 Å². The number of rotatable bonds is 10. The molecule has 10 heteroatoms. The Morgan fingerprint density at radius 1 is 1.00 bits per heavy atom. The number of amides is 2. The fourth-order valence-corrected chi connectivity index (χ4v) is 4.64. The summed E-state index contributed by atoms with van der Waals surface area (Å²) in [5.74, 6) is 0.517. The molecule has 0 saturated heterocycles. The van der Waals surface area contributed by atoms with E-state index in [0.29, 0.717) is 35.2 Å². The second kappa shape index (κ2) is 13.4. The topological polar surface area (TPSA) is 123 Å². The Morgan fingerprint density at radius 2 is 1.70 bits per heavy atom. The molecule has 2 N–H and O–H groups in total. The third-order valence-electron chi connectivity index (χ3n) is 6.83. The number of fused-ring (bicyclic) bond motifs is 1. The SMILES string of the molecule is COc1ccc(CC(Nc2nc3ccc(CNC(=O)OC(C)(C)C)c(C)c3c(=O)o2)C(=O)N(C)Cc2ccccc2)cc1. The summed E-state index contributed by atoms with van der Waals surface area (Å²) in [6.07, 6.45) is -0.235. The molecule has 1 unspecified atom stereocenters. The fraction of sp³-hybridized carbons (Fsp3) is 0.333. The van der Waals surface area contributed by atoms with Crippen LogP contribution >= 0.6 is 0 Å². The molecule has 0 spiro atoms. The lowest BCUT2D eigenvalue weighted by molar-refractivity contribution is -0.131. The molecule has 0 fully saturated rings. The minimum absolute atomic E-state index is 0.0588. The van der Waals surface area contributed by atoms with E-state index in [1.54, 1.807) is 58.9 Å². The van der Waals surface area contributed by atoms with Crippen LogP contribution in [0.4, 0.5) is 10.8 Å². The van der Waals surface area contributed by atoms with Crippen molar-refractivity contribution in [1.82, 2.24) is 15.2 Å². The molecule has 4 aromatic rings. The van der Waals surface area contributed by atoms with Crippen LogP contribution in [0.1, 0.15) is 43.0 Å². The van der Waals surface area contributed by atoms with Gasteiger partial charge >= 0.3 is 11.7 Å². The molecule has 2 amide bonds. The van der Waals surface area contributed by atoms with Crippen molar-refractivity contribution in [1.29, 1.82) is 0 Å². The number of anilines is 1. The number of hydrogen-bond donors (Lipinski definition) is 2. The highest BCUT2D eigenvalue weighted by Gasteiger charge is 2.25. The number of ether oxygens (including phenoxy) is 2. The molecular formula is C33H38N4O6. The average molecular weight is 587 g/mol. The summed E-state index contributed by atoms with van der Waals surface area (Å²) in [4.78, 5) is 45.2. The molecule has 3 aromatic carbocycles. The van der Waals surface area contributed by atoms with Crippen LogP contribution in [0.5, 0.6) is 5.75 Å². The van der Waals surface area contributed by atoms with Crippen molar-refractivity contribution in [3.8, 4) is 5.75 Å². The summed E-state index contributed by atoms with van der Waals surface area (Å²) >= 11 is 0. The van der Waals surface area contributed by atoms with Gasteiger partial charge in [0.1, 0.15) is 17.4 Å². The highest BCUT2D eigenvalue weighted by molar-refractivity contribution is 5.86. The van der Waals surface area contributed by atoms with Crippen LogP contribution in [0.15, 0.2) is 75.9 Å².